The van der Waals surface area contributed by atoms with Crippen molar-refractivity contribution in [1.29, 1.82) is 0 Å². The first-order valence-electron chi connectivity index (χ1n) is 6.53. The molecule has 2 rings (SSSR count). The molecule has 0 saturated heterocycles. The Morgan fingerprint density at radius 3 is 2.44 bits per heavy atom. The average molecular weight is 248 g/mol. The van der Waals surface area contributed by atoms with Gasteiger partial charge in [0, 0.05) is 6.42 Å². The molecule has 3 nitrogen and oxygen atoms in total. The van der Waals surface area contributed by atoms with Crippen molar-refractivity contribution in [2.45, 2.75) is 45.1 Å². The molecule has 0 bridgehead atoms. The van der Waals surface area contributed by atoms with Gasteiger partial charge in [0.2, 0.25) is 0 Å². The molecule has 0 aliphatic heterocycles. The van der Waals surface area contributed by atoms with Crippen LogP contribution < -0.4 is 4.74 Å². The van der Waals surface area contributed by atoms with Gasteiger partial charge in [0.25, 0.3) is 0 Å². The molecule has 1 aliphatic carbocycles. The summed E-state index contributed by atoms with van der Waals surface area (Å²) in [6, 6.07) is 8.19. The van der Waals surface area contributed by atoms with E-state index in [2.05, 4.69) is 12.1 Å². The van der Waals surface area contributed by atoms with Crippen LogP contribution in [0.3, 0.4) is 0 Å². The first-order valence-corrected chi connectivity index (χ1v) is 6.53. The number of carbonyl (C=O) groups is 1. The van der Waals surface area contributed by atoms with Gasteiger partial charge in [0.15, 0.2) is 0 Å². The Bertz CT molecular complexity index is 402. The van der Waals surface area contributed by atoms with E-state index >= 15 is 0 Å². The van der Waals surface area contributed by atoms with Crippen LogP contribution in [0.25, 0.3) is 0 Å². The lowest BCUT2D eigenvalue weighted by Gasteiger charge is -2.34. The quantitative estimate of drug-likeness (QED) is 0.868. The van der Waals surface area contributed by atoms with Crippen LogP contribution in [0.15, 0.2) is 24.3 Å². The lowest BCUT2D eigenvalue weighted by Crippen LogP contribution is -2.24. The van der Waals surface area contributed by atoms with Crippen molar-refractivity contribution in [2.75, 3.05) is 0 Å². The number of carboxylic acids is 1. The van der Waals surface area contributed by atoms with Gasteiger partial charge in [-0.15, -0.1) is 0 Å². The Labute approximate surface area is 108 Å². The summed E-state index contributed by atoms with van der Waals surface area (Å²) in [7, 11) is 0. The van der Waals surface area contributed by atoms with Gasteiger partial charge in [-0.25, -0.2) is 0 Å². The number of benzene rings is 1. The maximum Gasteiger partial charge on any atom is 0.303 e. The molecule has 98 valence electrons. The smallest absolute Gasteiger partial charge is 0.303 e. The zero-order valence-corrected chi connectivity index (χ0v) is 10.9. The number of ether oxygens (including phenoxy) is 1. The highest BCUT2D eigenvalue weighted by molar-refractivity contribution is 5.67. The van der Waals surface area contributed by atoms with Gasteiger partial charge in [-0.1, -0.05) is 12.1 Å². The van der Waals surface area contributed by atoms with E-state index in [4.69, 9.17) is 9.84 Å². The molecule has 1 saturated carbocycles. The number of hydrogen-bond acceptors (Lipinski definition) is 2. The highest BCUT2D eigenvalue weighted by Gasteiger charge is 2.31. The van der Waals surface area contributed by atoms with Gasteiger partial charge in [-0.3, -0.25) is 4.79 Å². The lowest BCUT2D eigenvalue weighted by atomic mass is 9.70. The van der Waals surface area contributed by atoms with Crippen LogP contribution in [0.5, 0.6) is 5.75 Å². The summed E-state index contributed by atoms with van der Waals surface area (Å²) in [5.41, 5.74) is 1.30. The van der Waals surface area contributed by atoms with Gasteiger partial charge in [-0.05, 0) is 56.2 Å². The average Bonchev–Trinajstić information content (AvgIpc) is 2.23. The van der Waals surface area contributed by atoms with Crippen LogP contribution in [-0.2, 0) is 4.79 Å². The number of aliphatic carboxylic acids is 1. The number of carboxylic acid groups (broad SMARTS) is 1. The summed E-state index contributed by atoms with van der Waals surface area (Å²) in [5, 5.41) is 8.71. The van der Waals surface area contributed by atoms with Gasteiger partial charge in [0.1, 0.15) is 5.75 Å². The predicted octanol–water partition coefficient (Wildman–Crippen LogP) is 3.44. The molecule has 1 aromatic rings. The van der Waals surface area contributed by atoms with Crippen molar-refractivity contribution < 1.29 is 14.6 Å². The summed E-state index contributed by atoms with van der Waals surface area (Å²) < 4.78 is 5.60. The largest absolute Gasteiger partial charge is 0.491 e. The first kappa shape index (κ1) is 12.9. The van der Waals surface area contributed by atoms with Crippen LogP contribution in [0.1, 0.15) is 44.6 Å². The highest BCUT2D eigenvalue weighted by atomic mass is 16.5. The lowest BCUT2D eigenvalue weighted by molar-refractivity contribution is -0.138. The Hall–Kier alpha value is -1.51. The van der Waals surface area contributed by atoms with E-state index in [-0.39, 0.29) is 6.10 Å². The minimum absolute atomic E-state index is 0.194. The molecule has 1 fully saturated rings. The summed E-state index contributed by atoms with van der Waals surface area (Å²) >= 11 is 0. The van der Waals surface area contributed by atoms with E-state index in [0.29, 0.717) is 18.3 Å². The SMILES string of the molecule is CC(C)Oc1ccc(C2CC(CC(=O)O)C2)cc1. The zero-order chi connectivity index (χ0) is 13.1. The fourth-order valence-corrected chi connectivity index (χ4v) is 2.51. The maximum absolute atomic E-state index is 10.6. The van der Waals surface area contributed by atoms with Crippen LogP contribution in [-0.4, -0.2) is 17.2 Å². The molecule has 1 aliphatic rings. The van der Waals surface area contributed by atoms with Gasteiger partial charge >= 0.3 is 5.97 Å². The fraction of sp³-hybridized carbons (Fsp3) is 0.533. The minimum atomic E-state index is -0.681. The fourth-order valence-electron chi connectivity index (χ4n) is 2.51. The standard InChI is InChI=1S/C15H20O3/c1-10(2)18-14-5-3-12(4-6-14)13-7-11(8-13)9-15(16)17/h3-6,10-11,13H,7-9H2,1-2H3,(H,16,17). The van der Waals surface area contributed by atoms with E-state index in [9.17, 15) is 4.79 Å². The second-order valence-electron chi connectivity index (χ2n) is 5.37. The molecule has 0 spiro atoms. The molecule has 1 N–H and O–H groups in total. The molecular formula is C15H20O3. The van der Waals surface area contributed by atoms with Crippen LogP contribution in [0, 0.1) is 5.92 Å². The van der Waals surface area contributed by atoms with E-state index in [0.717, 1.165) is 18.6 Å². The van der Waals surface area contributed by atoms with E-state index < -0.39 is 5.97 Å². The van der Waals surface area contributed by atoms with Crippen molar-refractivity contribution >= 4 is 5.97 Å². The zero-order valence-electron chi connectivity index (χ0n) is 10.9. The second-order valence-corrected chi connectivity index (χ2v) is 5.37. The molecule has 0 unspecified atom stereocenters. The summed E-state index contributed by atoms with van der Waals surface area (Å²) in [4.78, 5) is 10.6. The van der Waals surface area contributed by atoms with Crippen molar-refractivity contribution in [2.24, 2.45) is 5.92 Å². The predicted molar refractivity (Wildman–Crippen MR) is 69.9 cm³/mol. The number of rotatable bonds is 5. The van der Waals surface area contributed by atoms with Crippen LogP contribution in [0.2, 0.25) is 0 Å². The summed E-state index contributed by atoms with van der Waals surface area (Å²) in [6.07, 6.45) is 2.50. The van der Waals surface area contributed by atoms with Gasteiger partial charge in [0.05, 0.1) is 6.10 Å². The van der Waals surface area contributed by atoms with Crippen molar-refractivity contribution in [3.8, 4) is 5.75 Å². The van der Waals surface area contributed by atoms with Crippen LogP contribution >= 0.6 is 0 Å². The van der Waals surface area contributed by atoms with E-state index in [1.807, 2.05) is 26.0 Å². The molecule has 0 aromatic heterocycles. The maximum atomic E-state index is 10.6. The normalized spacial score (nSPS) is 22.6. The third kappa shape index (κ3) is 3.25. The van der Waals surface area contributed by atoms with Crippen molar-refractivity contribution in [3.05, 3.63) is 29.8 Å². The third-order valence-corrected chi connectivity index (χ3v) is 3.42. The summed E-state index contributed by atoms with van der Waals surface area (Å²) in [6.45, 7) is 4.02. The van der Waals surface area contributed by atoms with E-state index in [1.165, 1.54) is 5.56 Å². The molecular weight excluding hydrogens is 228 g/mol. The minimum Gasteiger partial charge on any atom is -0.491 e. The first-order chi connectivity index (χ1) is 8.54. The molecule has 0 radical (unpaired) electrons. The van der Waals surface area contributed by atoms with E-state index in [1.54, 1.807) is 0 Å². The second kappa shape index (κ2) is 5.42. The Morgan fingerprint density at radius 1 is 1.33 bits per heavy atom. The molecule has 0 heterocycles. The van der Waals surface area contributed by atoms with Crippen LogP contribution in [0.4, 0.5) is 0 Å². The monoisotopic (exact) mass is 248 g/mol. The molecule has 0 amide bonds. The molecule has 3 heteroatoms. The Morgan fingerprint density at radius 2 is 1.94 bits per heavy atom. The third-order valence-electron chi connectivity index (χ3n) is 3.42. The Kier molecular flexibility index (Phi) is 3.90. The van der Waals surface area contributed by atoms with Crippen molar-refractivity contribution in [3.63, 3.8) is 0 Å². The van der Waals surface area contributed by atoms with Gasteiger partial charge < -0.3 is 9.84 Å². The number of hydrogen-bond donors (Lipinski definition) is 1. The molecule has 0 atom stereocenters. The molecule has 1 aromatic carbocycles. The highest BCUT2D eigenvalue weighted by Crippen LogP contribution is 2.43. The topological polar surface area (TPSA) is 46.5 Å². The summed E-state index contributed by atoms with van der Waals surface area (Å²) in [5.74, 6) is 1.11. The van der Waals surface area contributed by atoms with Crippen molar-refractivity contribution in [1.82, 2.24) is 0 Å². The molecule has 18 heavy (non-hydrogen) atoms. The Balaban J connectivity index is 1.86. The van der Waals surface area contributed by atoms with Gasteiger partial charge in [-0.2, -0.15) is 0 Å².